The van der Waals surface area contributed by atoms with Crippen LogP contribution in [0.5, 0.6) is 0 Å². The number of hydrogen-bond donors (Lipinski definition) is 2. The highest BCUT2D eigenvalue weighted by Crippen LogP contribution is 2.28. The maximum absolute atomic E-state index is 5.83. The van der Waals surface area contributed by atoms with Gasteiger partial charge in [0, 0.05) is 18.9 Å². The van der Waals surface area contributed by atoms with Gasteiger partial charge in [0.25, 0.3) is 0 Å². The number of tetrazole rings is 1. The highest BCUT2D eigenvalue weighted by atomic mass is 32.2. The second-order valence-electron chi connectivity index (χ2n) is 5.64. The average Bonchev–Trinajstić information content (AvgIpc) is 3.11. The van der Waals surface area contributed by atoms with Gasteiger partial charge in [0.15, 0.2) is 0 Å². The van der Waals surface area contributed by atoms with Crippen LogP contribution >= 0.6 is 11.8 Å². The molecule has 0 spiro atoms. The number of nitrogen functional groups attached to an aromatic ring is 1. The van der Waals surface area contributed by atoms with Crippen molar-refractivity contribution in [3.63, 3.8) is 0 Å². The SMILES string of the molecule is Nc1nc(Nc2ccccc2)nc(Sc2nnnn2C2CCOCC2)n1. The van der Waals surface area contributed by atoms with Crippen LogP contribution < -0.4 is 11.1 Å². The van der Waals surface area contributed by atoms with Crippen LogP contribution in [-0.2, 0) is 4.74 Å². The van der Waals surface area contributed by atoms with E-state index in [1.54, 1.807) is 4.68 Å². The molecule has 0 aliphatic carbocycles. The Morgan fingerprint density at radius 3 is 2.73 bits per heavy atom. The molecule has 11 heteroatoms. The number of benzene rings is 1. The topological polar surface area (TPSA) is 130 Å². The van der Waals surface area contributed by atoms with Crippen molar-refractivity contribution in [2.75, 3.05) is 24.3 Å². The lowest BCUT2D eigenvalue weighted by atomic mass is 10.1. The fraction of sp³-hybridized carbons (Fsp3) is 0.333. The van der Waals surface area contributed by atoms with Crippen molar-refractivity contribution in [3.8, 4) is 0 Å². The van der Waals surface area contributed by atoms with E-state index in [2.05, 4.69) is 35.8 Å². The summed E-state index contributed by atoms with van der Waals surface area (Å²) in [4.78, 5) is 12.7. The highest BCUT2D eigenvalue weighted by Gasteiger charge is 2.22. The molecule has 1 aromatic carbocycles. The molecule has 0 bridgehead atoms. The van der Waals surface area contributed by atoms with Gasteiger partial charge in [0.2, 0.25) is 22.2 Å². The molecular weight excluding hydrogens is 354 g/mol. The van der Waals surface area contributed by atoms with E-state index in [9.17, 15) is 0 Å². The molecule has 0 atom stereocenters. The van der Waals surface area contributed by atoms with Crippen LogP contribution in [0.4, 0.5) is 17.6 Å². The first-order valence-electron chi connectivity index (χ1n) is 8.15. The van der Waals surface area contributed by atoms with Crippen LogP contribution in [0.3, 0.4) is 0 Å². The largest absolute Gasteiger partial charge is 0.381 e. The van der Waals surface area contributed by atoms with Gasteiger partial charge in [-0.25, -0.2) is 4.68 Å². The minimum absolute atomic E-state index is 0.131. The summed E-state index contributed by atoms with van der Waals surface area (Å²) in [5.74, 6) is 0.502. The summed E-state index contributed by atoms with van der Waals surface area (Å²) < 4.78 is 7.20. The fourth-order valence-electron chi connectivity index (χ4n) is 2.62. The third-order valence-corrected chi connectivity index (χ3v) is 4.66. The number of hydrogen-bond acceptors (Lipinski definition) is 10. The fourth-order valence-corrected chi connectivity index (χ4v) is 3.41. The molecular formula is C15H17N9OS. The quantitative estimate of drug-likeness (QED) is 0.683. The van der Waals surface area contributed by atoms with E-state index >= 15 is 0 Å². The van der Waals surface area contributed by atoms with Crippen molar-refractivity contribution < 1.29 is 4.74 Å². The molecule has 0 radical (unpaired) electrons. The zero-order valence-corrected chi connectivity index (χ0v) is 14.6. The number of ether oxygens (including phenoxy) is 1. The number of anilines is 3. The van der Waals surface area contributed by atoms with Gasteiger partial charge in [0.1, 0.15) is 0 Å². The van der Waals surface area contributed by atoms with Crippen molar-refractivity contribution in [2.24, 2.45) is 0 Å². The first-order valence-corrected chi connectivity index (χ1v) is 8.97. The molecule has 2 aromatic heterocycles. The Kier molecular flexibility index (Phi) is 4.88. The van der Waals surface area contributed by atoms with E-state index in [0.717, 1.165) is 18.5 Å². The van der Waals surface area contributed by atoms with Gasteiger partial charge in [0.05, 0.1) is 6.04 Å². The molecule has 3 aromatic rings. The van der Waals surface area contributed by atoms with Crippen LogP contribution in [0.15, 0.2) is 40.6 Å². The number of aromatic nitrogens is 7. The summed E-state index contributed by atoms with van der Waals surface area (Å²) in [7, 11) is 0. The van der Waals surface area contributed by atoms with E-state index in [1.807, 2.05) is 30.3 Å². The predicted octanol–water partition coefficient (Wildman–Crippen LogP) is 1.69. The molecule has 1 fully saturated rings. The molecule has 0 saturated carbocycles. The molecule has 3 heterocycles. The second kappa shape index (κ2) is 7.62. The monoisotopic (exact) mass is 371 g/mol. The third kappa shape index (κ3) is 3.89. The number of rotatable bonds is 5. The first-order chi connectivity index (χ1) is 12.8. The molecule has 1 saturated heterocycles. The molecule has 1 aliphatic heterocycles. The molecule has 134 valence electrons. The summed E-state index contributed by atoms with van der Waals surface area (Å²) in [6.45, 7) is 1.41. The van der Waals surface area contributed by atoms with Gasteiger partial charge < -0.3 is 15.8 Å². The summed E-state index contributed by atoms with van der Waals surface area (Å²) in [6, 6.07) is 9.82. The van der Waals surface area contributed by atoms with Crippen LogP contribution in [-0.4, -0.2) is 48.4 Å². The molecule has 0 unspecified atom stereocenters. The maximum Gasteiger partial charge on any atom is 0.233 e. The van der Waals surface area contributed by atoms with Crippen molar-refractivity contribution in [1.82, 2.24) is 35.2 Å². The van der Waals surface area contributed by atoms with E-state index in [4.69, 9.17) is 10.5 Å². The zero-order chi connectivity index (χ0) is 17.8. The van der Waals surface area contributed by atoms with Crippen molar-refractivity contribution >= 4 is 29.3 Å². The van der Waals surface area contributed by atoms with E-state index in [1.165, 1.54) is 11.8 Å². The summed E-state index contributed by atoms with van der Waals surface area (Å²) >= 11 is 1.26. The second-order valence-corrected chi connectivity index (χ2v) is 6.58. The Hall–Kier alpha value is -2.79. The average molecular weight is 371 g/mol. The van der Waals surface area contributed by atoms with Crippen molar-refractivity contribution in [3.05, 3.63) is 30.3 Å². The van der Waals surface area contributed by atoms with E-state index < -0.39 is 0 Å². The molecule has 10 nitrogen and oxygen atoms in total. The minimum atomic E-state index is 0.131. The summed E-state index contributed by atoms with van der Waals surface area (Å²) in [5, 5.41) is 16.2. The smallest absolute Gasteiger partial charge is 0.233 e. The lowest BCUT2D eigenvalue weighted by molar-refractivity contribution is 0.0631. The molecule has 4 rings (SSSR count). The standard InChI is InChI=1S/C15H17N9OS/c16-12-18-13(17-10-4-2-1-3-5-10)20-14(19-12)26-15-21-22-23-24(15)11-6-8-25-9-7-11/h1-5,11H,6-9H2,(H3,16,17,18,19,20). The van der Waals surface area contributed by atoms with Gasteiger partial charge in [-0.1, -0.05) is 18.2 Å². The van der Waals surface area contributed by atoms with E-state index in [0.29, 0.717) is 29.5 Å². The number of para-hydroxylation sites is 1. The van der Waals surface area contributed by atoms with Gasteiger partial charge in [-0.15, -0.1) is 5.10 Å². The first kappa shape index (κ1) is 16.7. The van der Waals surface area contributed by atoms with Crippen molar-refractivity contribution in [1.29, 1.82) is 0 Å². The molecule has 3 N–H and O–H groups in total. The van der Waals surface area contributed by atoms with E-state index in [-0.39, 0.29) is 12.0 Å². The Balaban J connectivity index is 1.54. The Bertz CT molecular complexity index is 867. The maximum atomic E-state index is 5.83. The van der Waals surface area contributed by atoms with Crippen LogP contribution in [0.1, 0.15) is 18.9 Å². The Morgan fingerprint density at radius 2 is 1.92 bits per heavy atom. The van der Waals surface area contributed by atoms with Crippen LogP contribution in [0, 0.1) is 0 Å². The normalized spacial score (nSPS) is 15.1. The third-order valence-electron chi connectivity index (χ3n) is 3.84. The predicted molar refractivity (Wildman–Crippen MR) is 95.0 cm³/mol. The number of nitrogens with two attached hydrogens (primary N) is 1. The van der Waals surface area contributed by atoms with Crippen LogP contribution in [0.2, 0.25) is 0 Å². The zero-order valence-electron chi connectivity index (χ0n) is 13.8. The van der Waals surface area contributed by atoms with Gasteiger partial charge in [-0.3, -0.25) is 0 Å². The molecule has 0 amide bonds. The Morgan fingerprint density at radius 1 is 1.12 bits per heavy atom. The number of nitrogens with zero attached hydrogens (tertiary/aromatic N) is 7. The Labute approximate surface area is 153 Å². The summed E-state index contributed by atoms with van der Waals surface area (Å²) in [5.41, 5.74) is 6.69. The molecule has 1 aliphatic rings. The van der Waals surface area contributed by atoms with Gasteiger partial charge in [-0.05, 0) is 47.2 Å². The van der Waals surface area contributed by atoms with Gasteiger partial charge in [-0.2, -0.15) is 15.0 Å². The highest BCUT2D eigenvalue weighted by molar-refractivity contribution is 7.99. The minimum Gasteiger partial charge on any atom is -0.381 e. The number of nitrogens with one attached hydrogen (secondary N) is 1. The van der Waals surface area contributed by atoms with Crippen LogP contribution in [0.25, 0.3) is 0 Å². The lowest BCUT2D eigenvalue weighted by Gasteiger charge is -2.22. The molecule has 26 heavy (non-hydrogen) atoms. The summed E-state index contributed by atoms with van der Waals surface area (Å²) in [6.07, 6.45) is 1.75. The van der Waals surface area contributed by atoms with Crippen molar-refractivity contribution in [2.45, 2.75) is 29.2 Å². The lowest BCUT2D eigenvalue weighted by Crippen LogP contribution is -2.21. The van der Waals surface area contributed by atoms with Gasteiger partial charge >= 0.3 is 0 Å².